The van der Waals surface area contributed by atoms with Crippen molar-refractivity contribution in [3.63, 3.8) is 0 Å². The molecule has 0 spiro atoms. The van der Waals surface area contributed by atoms with Gasteiger partial charge in [-0.3, -0.25) is 4.79 Å². The first kappa shape index (κ1) is 19.2. The van der Waals surface area contributed by atoms with E-state index in [0.717, 1.165) is 30.7 Å². The second-order valence-electron chi connectivity index (χ2n) is 7.16. The fourth-order valence-corrected chi connectivity index (χ4v) is 5.98. The molecule has 1 aromatic rings. The minimum Gasteiger partial charge on any atom is -0.332 e. The van der Waals surface area contributed by atoms with Gasteiger partial charge in [-0.15, -0.1) is 11.3 Å². The van der Waals surface area contributed by atoms with E-state index in [2.05, 4.69) is 35.5 Å². The van der Waals surface area contributed by atoms with Gasteiger partial charge >= 0.3 is 6.03 Å². The lowest BCUT2D eigenvalue weighted by Crippen LogP contribution is -2.36. The van der Waals surface area contributed by atoms with Crippen LogP contribution >= 0.6 is 23.1 Å². The van der Waals surface area contributed by atoms with Crippen LogP contribution in [0.2, 0.25) is 0 Å². The molecular formula is C18H24N4O2S2. The molecule has 26 heavy (non-hydrogen) atoms. The third kappa shape index (κ3) is 4.21. The maximum Gasteiger partial charge on any atom is 0.315 e. The Morgan fingerprint density at radius 1 is 1.42 bits per heavy atom. The van der Waals surface area contributed by atoms with Crippen molar-refractivity contribution in [3.05, 3.63) is 16.1 Å². The third-order valence-electron chi connectivity index (χ3n) is 4.93. The molecule has 0 aromatic carbocycles. The van der Waals surface area contributed by atoms with Crippen molar-refractivity contribution in [1.82, 2.24) is 15.6 Å². The van der Waals surface area contributed by atoms with Crippen LogP contribution in [0.15, 0.2) is 5.38 Å². The lowest BCUT2D eigenvalue weighted by molar-refractivity contribution is -0.119. The van der Waals surface area contributed by atoms with Crippen LogP contribution in [0.25, 0.3) is 0 Å². The van der Waals surface area contributed by atoms with Gasteiger partial charge in [0, 0.05) is 22.8 Å². The van der Waals surface area contributed by atoms with E-state index in [-0.39, 0.29) is 23.9 Å². The topological polar surface area (TPSA) is 94.9 Å². The van der Waals surface area contributed by atoms with Crippen LogP contribution in [-0.4, -0.2) is 39.9 Å². The first-order valence-corrected chi connectivity index (χ1v) is 11.0. The quantitative estimate of drug-likeness (QED) is 0.523. The minimum absolute atomic E-state index is 0.0371. The number of hydrogen-bond acceptors (Lipinski definition) is 6. The Morgan fingerprint density at radius 3 is 2.92 bits per heavy atom. The molecule has 2 aliphatic rings. The highest BCUT2D eigenvalue weighted by Crippen LogP contribution is 2.33. The molecule has 0 bridgehead atoms. The first-order valence-electron chi connectivity index (χ1n) is 9.06. The van der Waals surface area contributed by atoms with Crippen molar-refractivity contribution in [3.8, 4) is 6.07 Å². The van der Waals surface area contributed by atoms with E-state index < -0.39 is 5.92 Å². The molecule has 3 rings (SSSR count). The highest BCUT2D eigenvalue weighted by atomic mass is 32.2. The number of Topliss-reactive ketones (excluding diaryl/α,β-unsaturated/α-hetero) is 1. The molecule has 0 radical (unpaired) electrons. The summed E-state index contributed by atoms with van der Waals surface area (Å²) in [6.45, 7) is 4.10. The van der Waals surface area contributed by atoms with E-state index in [4.69, 9.17) is 0 Å². The van der Waals surface area contributed by atoms with Crippen molar-refractivity contribution in [2.45, 2.75) is 68.7 Å². The molecule has 2 aliphatic heterocycles. The largest absolute Gasteiger partial charge is 0.332 e. The Labute approximate surface area is 162 Å². The monoisotopic (exact) mass is 392 g/mol. The molecule has 0 aliphatic carbocycles. The number of nitrogens with one attached hydrogen (secondary N) is 2. The predicted octanol–water partition coefficient (Wildman–Crippen LogP) is 3.17. The fraction of sp³-hybridized carbons (Fsp3) is 0.667. The summed E-state index contributed by atoms with van der Waals surface area (Å²) in [5, 5.41) is 18.3. The molecule has 8 heteroatoms. The summed E-state index contributed by atoms with van der Waals surface area (Å²) in [5.41, 5.74) is 0.943. The zero-order valence-corrected chi connectivity index (χ0v) is 16.7. The highest BCUT2D eigenvalue weighted by molar-refractivity contribution is 8.00. The molecule has 2 amide bonds. The van der Waals surface area contributed by atoms with Crippen molar-refractivity contribution in [2.24, 2.45) is 0 Å². The maximum atomic E-state index is 12.4. The SMILES string of the molecule is CC(C)c1csc([C@H](C#N)C(=O)CCCC[C@@H]2SC[C@H]3NC(=O)N[C@@H]23)n1. The van der Waals surface area contributed by atoms with Gasteiger partial charge in [-0.2, -0.15) is 17.0 Å². The van der Waals surface area contributed by atoms with Crippen LogP contribution in [0.5, 0.6) is 0 Å². The van der Waals surface area contributed by atoms with Gasteiger partial charge in [0.25, 0.3) is 0 Å². The van der Waals surface area contributed by atoms with Crippen LogP contribution < -0.4 is 10.6 Å². The Kier molecular flexibility index (Phi) is 6.20. The summed E-state index contributed by atoms with van der Waals surface area (Å²) in [6, 6.07) is 2.50. The van der Waals surface area contributed by atoms with Crippen LogP contribution in [0.1, 0.15) is 62.1 Å². The number of ketones is 1. The van der Waals surface area contributed by atoms with E-state index in [0.29, 0.717) is 22.6 Å². The number of rotatable bonds is 8. The van der Waals surface area contributed by atoms with Crippen molar-refractivity contribution in [2.75, 3.05) is 5.75 Å². The molecule has 2 N–H and O–H groups in total. The molecule has 3 heterocycles. The number of unbranched alkanes of at least 4 members (excludes halogenated alkanes) is 1. The molecule has 0 unspecified atom stereocenters. The van der Waals surface area contributed by atoms with Crippen LogP contribution in [-0.2, 0) is 4.79 Å². The van der Waals surface area contributed by atoms with E-state index in [1.165, 1.54) is 11.3 Å². The lowest BCUT2D eigenvalue weighted by atomic mass is 9.98. The Balaban J connectivity index is 1.44. The van der Waals surface area contributed by atoms with Crippen molar-refractivity contribution in [1.29, 1.82) is 5.26 Å². The van der Waals surface area contributed by atoms with E-state index in [9.17, 15) is 14.9 Å². The Morgan fingerprint density at radius 2 is 2.23 bits per heavy atom. The van der Waals surface area contributed by atoms with Crippen molar-refractivity contribution >= 4 is 34.9 Å². The number of fused-ring (bicyclic) bond motifs is 1. The van der Waals surface area contributed by atoms with Gasteiger partial charge in [0.2, 0.25) is 0 Å². The highest BCUT2D eigenvalue weighted by Gasteiger charge is 2.42. The number of amides is 2. The molecule has 0 saturated carbocycles. The van der Waals surface area contributed by atoms with E-state index in [1.807, 2.05) is 17.1 Å². The lowest BCUT2D eigenvalue weighted by Gasteiger charge is -2.16. The van der Waals surface area contributed by atoms with Gasteiger partial charge in [0.15, 0.2) is 11.7 Å². The number of nitriles is 1. The number of thiazole rings is 1. The number of hydrogen-bond donors (Lipinski definition) is 2. The second kappa shape index (κ2) is 8.40. The summed E-state index contributed by atoms with van der Waals surface area (Å²) < 4.78 is 0. The Bertz CT molecular complexity index is 712. The number of thioether (sulfide) groups is 1. The Hall–Kier alpha value is -1.59. The molecule has 2 saturated heterocycles. The summed E-state index contributed by atoms with van der Waals surface area (Å²) in [7, 11) is 0. The molecular weight excluding hydrogens is 368 g/mol. The van der Waals surface area contributed by atoms with Gasteiger partial charge in [-0.1, -0.05) is 20.3 Å². The van der Waals surface area contributed by atoms with E-state index >= 15 is 0 Å². The third-order valence-corrected chi connectivity index (χ3v) is 7.37. The summed E-state index contributed by atoms with van der Waals surface area (Å²) in [4.78, 5) is 28.3. The van der Waals surface area contributed by atoms with Gasteiger partial charge in [0.1, 0.15) is 5.01 Å². The summed E-state index contributed by atoms with van der Waals surface area (Å²) >= 11 is 3.29. The number of nitrogens with zero attached hydrogens (tertiary/aromatic N) is 2. The van der Waals surface area contributed by atoms with Crippen LogP contribution in [0.4, 0.5) is 4.79 Å². The molecule has 140 valence electrons. The molecule has 1 aromatic heterocycles. The van der Waals surface area contributed by atoms with Gasteiger partial charge in [0.05, 0.1) is 23.8 Å². The average Bonchev–Trinajstić information content (AvgIpc) is 3.29. The van der Waals surface area contributed by atoms with Crippen LogP contribution in [0.3, 0.4) is 0 Å². The zero-order chi connectivity index (χ0) is 18.7. The fourth-order valence-electron chi connectivity index (χ4n) is 3.40. The van der Waals surface area contributed by atoms with E-state index in [1.54, 1.807) is 0 Å². The van der Waals surface area contributed by atoms with Gasteiger partial charge < -0.3 is 10.6 Å². The average molecular weight is 393 g/mol. The zero-order valence-electron chi connectivity index (χ0n) is 15.0. The molecule has 2 fully saturated rings. The molecule has 6 nitrogen and oxygen atoms in total. The van der Waals surface area contributed by atoms with Gasteiger partial charge in [-0.25, -0.2) is 9.78 Å². The number of carbonyl (C=O) groups is 2. The summed E-state index contributed by atoms with van der Waals surface area (Å²) in [5.74, 6) is 0.472. The predicted molar refractivity (Wildman–Crippen MR) is 104 cm³/mol. The van der Waals surface area contributed by atoms with Crippen LogP contribution in [0, 0.1) is 11.3 Å². The first-order chi connectivity index (χ1) is 12.5. The number of aromatic nitrogens is 1. The maximum absolute atomic E-state index is 12.4. The minimum atomic E-state index is -0.740. The summed E-state index contributed by atoms with van der Waals surface area (Å²) in [6.07, 6.45) is 3.09. The van der Waals surface area contributed by atoms with Crippen molar-refractivity contribution < 1.29 is 9.59 Å². The smallest absolute Gasteiger partial charge is 0.315 e. The molecule has 4 atom stereocenters. The standard InChI is InChI=1S/C18H24N4O2S2/c1-10(2)12-8-26-17(20-12)11(7-19)14(23)5-3-4-6-15-16-13(9-25-15)21-18(24)22-16/h8,10-11,13,15-16H,3-6,9H2,1-2H3,(H2,21,22,24)/t11-,13-,15+,16-/m1/s1. The van der Waals surface area contributed by atoms with Gasteiger partial charge in [-0.05, 0) is 18.8 Å². The number of carbonyl (C=O) groups excluding carboxylic acids is 2. The number of urea groups is 1. The second-order valence-corrected chi connectivity index (χ2v) is 9.32. The normalized spacial score (nSPS) is 25.5.